The van der Waals surface area contributed by atoms with E-state index >= 15 is 0 Å². The molecule has 0 bridgehead atoms. The van der Waals surface area contributed by atoms with Gasteiger partial charge in [0.15, 0.2) is 5.82 Å². The Kier molecular flexibility index (Phi) is 4.61. The van der Waals surface area contributed by atoms with Crippen LogP contribution in [0.4, 0.5) is 5.82 Å². The maximum Gasteiger partial charge on any atom is 0.222 e. The number of nitrogens with one attached hydrogen (secondary N) is 1. The number of phenols is 1. The van der Waals surface area contributed by atoms with Crippen molar-refractivity contribution in [2.24, 2.45) is 0 Å². The fourth-order valence-corrected chi connectivity index (χ4v) is 2.37. The average molecular weight is 335 g/mol. The number of hydrogen-bond acceptors (Lipinski definition) is 5. The minimum absolute atomic E-state index is 0.157. The number of phenolic OH excluding ortho intramolecular Hbond substituents is 1. The second kappa shape index (κ2) is 7.00. The van der Waals surface area contributed by atoms with Crippen LogP contribution < -0.4 is 10.1 Å². The fraction of sp³-hybridized carbons (Fsp3) is 0.105. The third-order valence-electron chi connectivity index (χ3n) is 3.59. The molecule has 1 aromatic heterocycles. The van der Waals surface area contributed by atoms with E-state index in [4.69, 9.17) is 4.74 Å². The molecule has 0 saturated heterocycles. The minimum Gasteiger partial charge on any atom is -0.508 e. The lowest BCUT2D eigenvalue weighted by Crippen LogP contribution is -2.10. The van der Waals surface area contributed by atoms with Crippen molar-refractivity contribution >= 4 is 11.7 Å². The number of amides is 1. The lowest BCUT2D eigenvalue weighted by molar-refractivity contribution is -0.114. The van der Waals surface area contributed by atoms with Gasteiger partial charge in [-0.25, -0.2) is 9.97 Å². The van der Waals surface area contributed by atoms with E-state index in [-0.39, 0.29) is 11.7 Å². The number of ether oxygens (including phenoxy) is 1. The highest BCUT2D eigenvalue weighted by Gasteiger charge is 2.12. The summed E-state index contributed by atoms with van der Waals surface area (Å²) < 4.78 is 5.16. The number of anilines is 1. The molecule has 2 aromatic carbocycles. The molecule has 0 atom stereocenters. The molecule has 126 valence electrons. The van der Waals surface area contributed by atoms with Crippen LogP contribution in [0.1, 0.15) is 6.92 Å². The molecule has 3 rings (SSSR count). The quantitative estimate of drug-likeness (QED) is 0.762. The van der Waals surface area contributed by atoms with Gasteiger partial charge in [-0.15, -0.1) is 0 Å². The molecule has 1 amide bonds. The summed E-state index contributed by atoms with van der Waals surface area (Å²) in [4.78, 5) is 20.4. The Morgan fingerprint density at radius 3 is 2.28 bits per heavy atom. The molecular weight excluding hydrogens is 318 g/mol. The van der Waals surface area contributed by atoms with Crippen LogP contribution in [0.2, 0.25) is 0 Å². The minimum atomic E-state index is -0.230. The topological polar surface area (TPSA) is 84.3 Å². The van der Waals surface area contributed by atoms with Crippen LogP contribution in [-0.2, 0) is 4.79 Å². The number of carbonyl (C=O) groups is 1. The number of aromatic hydroxyl groups is 1. The molecule has 0 aliphatic rings. The third kappa shape index (κ3) is 3.74. The Balaban J connectivity index is 2.08. The Hall–Kier alpha value is -3.41. The van der Waals surface area contributed by atoms with Gasteiger partial charge in [0, 0.05) is 18.1 Å². The van der Waals surface area contributed by atoms with Crippen LogP contribution in [0.3, 0.4) is 0 Å². The molecular formula is C19H17N3O3. The van der Waals surface area contributed by atoms with Gasteiger partial charge in [0.1, 0.15) is 17.2 Å². The number of rotatable bonds is 4. The van der Waals surface area contributed by atoms with E-state index in [0.717, 1.165) is 16.9 Å². The van der Waals surface area contributed by atoms with Crippen molar-refractivity contribution in [3.8, 4) is 34.0 Å². The lowest BCUT2D eigenvalue weighted by atomic mass is 10.1. The summed E-state index contributed by atoms with van der Waals surface area (Å²) in [5.74, 6) is 1.05. The smallest absolute Gasteiger partial charge is 0.222 e. The molecule has 25 heavy (non-hydrogen) atoms. The molecule has 6 heteroatoms. The highest BCUT2D eigenvalue weighted by atomic mass is 16.5. The van der Waals surface area contributed by atoms with Crippen LogP contribution in [0.5, 0.6) is 11.5 Å². The fourth-order valence-electron chi connectivity index (χ4n) is 2.37. The monoisotopic (exact) mass is 335 g/mol. The van der Waals surface area contributed by atoms with Gasteiger partial charge < -0.3 is 15.2 Å². The maximum absolute atomic E-state index is 11.4. The van der Waals surface area contributed by atoms with Crippen molar-refractivity contribution in [2.75, 3.05) is 12.4 Å². The molecule has 0 unspecified atom stereocenters. The summed E-state index contributed by atoms with van der Waals surface area (Å²) in [5.41, 5.74) is 2.82. The van der Waals surface area contributed by atoms with Crippen molar-refractivity contribution < 1.29 is 14.6 Å². The summed E-state index contributed by atoms with van der Waals surface area (Å²) in [6.07, 6.45) is 1.61. The number of hydrogen-bond donors (Lipinski definition) is 2. The van der Waals surface area contributed by atoms with Gasteiger partial charge >= 0.3 is 0 Å². The maximum atomic E-state index is 11.4. The SMILES string of the molecule is COc1ccc(-c2cnc(NC(C)=O)c(-c3ccc(O)cc3)n2)cc1. The molecule has 6 nitrogen and oxygen atoms in total. The first kappa shape index (κ1) is 16.4. The predicted molar refractivity (Wildman–Crippen MR) is 95.4 cm³/mol. The highest BCUT2D eigenvalue weighted by Crippen LogP contribution is 2.29. The standard InChI is InChI=1S/C19H17N3O3/c1-12(23)21-19-18(14-3-7-15(24)8-4-14)22-17(11-20-19)13-5-9-16(25-2)10-6-13/h3-11,24H,1-2H3,(H,20,21,23). The van der Waals surface area contributed by atoms with E-state index in [1.54, 1.807) is 37.6 Å². The molecule has 2 N–H and O–H groups in total. The van der Waals surface area contributed by atoms with Gasteiger partial charge in [-0.3, -0.25) is 4.79 Å². The normalized spacial score (nSPS) is 10.3. The van der Waals surface area contributed by atoms with Crippen LogP contribution in [0.25, 0.3) is 22.5 Å². The summed E-state index contributed by atoms with van der Waals surface area (Å²) in [6, 6.07) is 14.1. The summed E-state index contributed by atoms with van der Waals surface area (Å²) >= 11 is 0. The van der Waals surface area contributed by atoms with E-state index in [2.05, 4.69) is 15.3 Å². The predicted octanol–water partition coefficient (Wildman–Crippen LogP) is 3.48. The molecule has 0 radical (unpaired) electrons. The molecule has 0 saturated carbocycles. The van der Waals surface area contributed by atoms with Gasteiger partial charge in [-0.2, -0.15) is 0 Å². The average Bonchev–Trinajstić information content (AvgIpc) is 2.62. The van der Waals surface area contributed by atoms with Crippen LogP contribution >= 0.6 is 0 Å². The van der Waals surface area contributed by atoms with Crippen LogP contribution in [0.15, 0.2) is 54.7 Å². The molecule has 0 aliphatic carbocycles. The zero-order valence-corrected chi connectivity index (χ0v) is 13.9. The number of carbonyl (C=O) groups excluding carboxylic acids is 1. The first-order valence-corrected chi connectivity index (χ1v) is 7.65. The summed E-state index contributed by atoms with van der Waals surface area (Å²) in [6.45, 7) is 1.42. The van der Waals surface area contributed by atoms with Crippen molar-refractivity contribution in [1.29, 1.82) is 0 Å². The number of nitrogens with zero attached hydrogens (tertiary/aromatic N) is 2. The van der Waals surface area contributed by atoms with Gasteiger partial charge in [-0.05, 0) is 48.5 Å². The first-order chi connectivity index (χ1) is 12.1. The third-order valence-corrected chi connectivity index (χ3v) is 3.59. The zero-order valence-electron chi connectivity index (χ0n) is 13.9. The Labute approximate surface area is 145 Å². The van der Waals surface area contributed by atoms with Crippen molar-refractivity contribution in [1.82, 2.24) is 9.97 Å². The van der Waals surface area contributed by atoms with Crippen molar-refractivity contribution in [3.63, 3.8) is 0 Å². The Bertz CT molecular complexity index is 891. The summed E-state index contributed by atoms with van der Waals surface area (Å²) in [7, 11) is 1.61. The second-order valence-electron chi connectivity index (χ2n) is 5.41. The van der Waals surface area contributed by atoms with E-state index < -0.39 is 0 Å². The summed E-state index contributed by atoms with van der Waals surface area (Å²) in [5, 5.41) is 12.2. The number of aromatic nitrogens is 2. The zero-order chi connectivity index (χ0) is 17.8. The van der Waals surface area contributed by atoms with E-state index in [1.807, 2.05) is 24.3 Å². The number of methoxy groups -OCH3 is 1. The lowest BCUT2D eigenvalue weighted by Gasteiger charge is -2.11. The van der Waals surface area contributed by atoms with Crippen molar-refractivity contribution in [2.45, 2.75) is 6.92 Å². The largest absolute Gasteiger partial charge is 0.508 e. The van der Waals surface area contributed by atoms with Gasteiger partial charge in [0.25, 0.3) is 0 Å². The molecule has 0 spiro atoms. The van der Waals surface area contributed by atoms with Crippen molar-refractivity contribution in [3.05, 3.63) is 54.7 Å². The molecule has 0 fully saturated rings. The first-order valence-electron chi connectivity index (χ1n) is 7.65. The molecule has 3 aromatic rings. The number of benzene rings is 2. The van der Waals surface area contributed by atoms with Crippen LogP contribution in [-0.4, -0.2) is 28.1 Å². The van der Waals surface area contributed by atoms with Gasteiger partial charge in [0.2, 0.25) is 5.91 Å². The highest BCUT2D eigenvalue weighted by molar-refractivity contribution is 5.92. The van der Waals surface area contributed by atoms with E-state index in [1.165, 1.54) is 6.92 Å². The Morgan fingerprint density at radius 2 is 1.68 bits per heavy atom. The molecule has 1 heterocycles. The Morgan fingerprint density at radius 1 is 1.04 bits per heavy atom. The van der Waals surface area contributed by atoms with E-state index in [0.29, 0.717) is 17.2 Å². The molecule has 0 aliphatic heterocycles. The van der Waals surface area contributed by atoms with Gasteiger partial charge in [0.05, 0.1) is 19.0 Å². The van der Waals surface area contributed by atoms with E-state index in [9.17, 15) is 9.90 Å². The second-order valence-corrected chi connectivity index (χ2v) is 5.41. The van der Waals surface area contributed by atoms with Gasteiger partial charge in [-0.1, -0.05) is 0 Å². The van der Waals surface area contributed by atoms with Crippen LogP contribution in [0, 0.1) is 0 Å².